The second-order valence-corrected chi connectivity index (χ2v) is 4.49. The van der Waals surface area contributed by atoms with Crippen LogP contribution in [0, 0.1) is 0 Å². The van der Waals surface area contributed by atoms with Crippen molar-refractivity contribution in [3.63, 3.8) is 0 Å². The van der Waals surface area contributed by atoms with Crippen LogP contribution in [0.4, 0.5) is 0 Å². The molecule has 1 N–H and O–H groups in total. The molecule has 106 valence electrons. The lowest BCUT2D eigenvalue weighted by Crippen LogP contribution is -2.24. The molecule has 0 aliphatic carbocycles. The van der Waals surface area contributed by atoms with Gasteiger partial charge in [0.25, 0.3) is 0 Å². The lowest BCUT2D eigenvalue weighted by molar-refractivity contribution is 0.307. The highest BCUT2D eigenvalue weighted by molar-refractivity contribution is 5.31. The van der Waals surface area contributed by atoms with Crippen LogP contribution in [0.2, 0.25) is 0 Å². The average Bonchev–Trinajstić information content (AvgIpc) is 2.53. The summed E-state index contributed by atoms with van der Waals surface area (Å²) >= 11 is 0. The summed E-state index contributed by atoms with van der Waals surface area (Å²) in [5, 5.41) is 3.40. The van der Waals surface area contributed by atoms with Crippen LogP contribution in [-0.4, -0.2) is 25.2 Å². The molecule has 0 saturated heterocycles. The molecule has 20 heavy (non-hydrogen) atoms. The monoisotopic (exact) mass is 272 g/mol. The van der Waals surface area contributed by atoms with Gasteiger partial charge in [0.2, 0.25) is 0 Å². The molecule has 2 aromatic rings. The molecule has 0 bridgehead atoms. The molecule has 0 spiro atoms. The summed E-state index contributed by atoms with van der Waals surface area (Å²) in [6.07, 6.45) is 3.66. The first-order chi connectivity index (χ1) is 9.79. The molecule has 0 aliphatic heterocycles. The third kappa shape index (κ3) is 4.24. The van der Waals surface area contributed by atoms with Crippen molar-refractivity contribution in [3.8, 4) is 11.5 Å². The first kappa shape index (κ1) is 14.3. The Hall–Kier alpha value is -2.07. The highest BCUT2D eigenvalue weighted by atomic mass is 16.5. The molecule has 1 aromatic heterocycles. The van der Waals surface area contributed by atoms with Crippen molar-refractivity contribution in [1.29, 1.82) is 0 Å². The fourth-order valence-electron chi connectivity index (χ4n) is 1.87. The number of methoxy groups -OCH3 is 1. The van der Waals surface area contributed by atoms with Crippen LogP contribution in [0.15, 0.2) is 48.8 Å². The summed E-state index contributed by atoms with van der Waals surface area (Å²) in [5.41, 5.74) is 1.18. The molecule has 1 atom stereocenters. The summed E-state index contributed by atoms with van der Waals surface area (Å²) in [4.78, 5) is 4.11. The van der Waals surface area contributed by atoms with E-state index in [1.165, 1.54) is 5.56 Å². The summed E-state index contributed by atoms with van der Waals surface area (Å²) in [7, 11) is 1.65. The Labute approximate surface area is 119 Å². The molecule has 4 heteroatoms. The van der Waals surface area contributed by atoms with E-state index in [0.29, 0.717) is 6.61 Å². The quantitative estimate of drug-likeness (QED) is 0.787. The molecular formula is C16H20N2O2. The van der Waals surface area contributed by atoms with E-state index in [2.05, 4.69) is 23.3 Å². The topological polar surface area (TPSA) is 43.4 Å². The Kier molecular flexibility index (Phi) is 5.38. The number of hydrogen-bond acceptors (Lipinski definition) is 4. The van der Waals surface area contributed by atoms with Gasteiger partial charge in [-0.3, -0.25) is 4.98 Å². The zero-order chi connectivity index (χ0) is 14.2. The number of nitrogens with one attached hydrogen (secondary N) is 1. The molecule has 2 rings (SSSR count). The maximum atomic E-state index is 5.66. The lowest BCUT2D eigenvalue weighted by Gasteiger charge is -2.14. The molecule has 0 fully saturated rings. The van der Waals surface area contributed by atoms with E-state index < -0.39 is 0 Å². The zero-order valence-electron chi connectivity index (χ0n) is 11.9. The Morgan fingerprint density at radius 2 is 1.90 bits per heavy atom. The predicted molar refractivity (Wildman–Crippen MR) is 79.1 cm³/mol. The second kappa shape index (κ2) is 7.50. The van der Waals surface area contributed by atoms with E-state index in [-0.39, 0.29) is 6.04 Å². The van der Waals surface area contributed by atoms with Crippen molar-refractivity contribution >= 4 is 0 Å². The minimum atomic E-state index is 0.267. The summed E-state index contributed by atoms with van der Waals surface area (Å²) in [6, 6.07) is 11.9. The van der Waals surface area contributed by atoms with Crippen LogP contribution in [0.5, 0.6) is 11.5 Å². The molecule has 1 aromatic carbocycles. The molecule has 1 heterocycles. The van der Waals surface area contributed by atoms with Gasteiger partial charge >= 0.3 is 0 Å². The minimum absolute atomic E-state index is 0.267. The Morgan fingerprint density at radius 3 is 2.55 bits per heavy atom. The van der Waals surface area contributed by atoms with Gasteiger partial charge in [-0.15, -0.1) is 0 Å². The summed E-state index contributed by atoms with van der Waals surface area (Å²) in [5.74, 6) is 1.68. The van der Waals surface area contributed by atoms with Gasteiger partial charge in [0, 0.05) is 25.0 Å². The number of benzene rings is 1. The minimum Gasteiger partial charge on any atom is -0.497 e. The number of aromatic nitrogens is 1. The van der Waals surface area contributed by atoms with E-state index in [4.69, 9.17) is 9.47 Å². The van der Waals surface area contributed by atoms with Crippen LogP contribution in [0.3, 0.4) is 0 Å². The molecule has 0 unspecified atom stereocenters. The van der Waals surface area contributed by atoms with E-state index in [1.54, 1.807) is 13.3 Å². The van der Waals surface area contributed by atoms with E-state index >= 15 is 0 Å². The Morgan fingerprint density at radius 1 is 1.15 bits per heavy atom. The van der Waals surface area contributed by atoms with Crippen molar-refractivity contribution in [2.45, 2.75) is 13.0 Å². The third-order valence-corrected chi connectivity index (χ3v) is 3.07. The molecular weight excluding hydrogens is 252 g/mol. The van der Waals surface area contributed by atoms with Crippen LogP contribution in [0.1, 0.15) is 18.5 Å². The molecule has 0 amide bonds. The Balaban J connectivity index is 1.70. The fraction of sp³-hybridized carbons (Fsp3) is 0.312. The smallest absolute Gasteiger partial charge is 0.119 e. The number of hydrogen-bond donors (Lipinski definition) is 1. The predicted octanol–water partition coefficient (Wildman–Crippen LogP) is 2.82. The first-order valence-electron chi connectivity index (χ1n) is 6.70. The normalized spacial score (nSPS) is 11.9. The van der Waals surface area contributed by atoms with Crippen molar-refractivity contribution in [2.75, 3.05) is 20.3 Å². The molecule has 0 saturated carbocycles. The van der Waals surface area contributed by atoms with Gasteiger partial charge in [-0.05, 0) is 42.8 Å². The molecule has 4 nitrogen and oxygen atoms in total. The van der Waals surface area contributed by atoms with Crippen molar-refractivity contribution in [3.05, 3.63) is 54.4 Å². The largest absolute Gasteiger partial charge is 0.497 e. The van der Waals surface area contributed by atoms with Gasteiger partial charge in [-0.2, -0.15) is 0 Å². The number of pyridine rings is 1. The average molecular weight is 272 g/mol. The van der Waals surface area contributed by atoms with E-state index in [9.17, 15) is 0 Å². The molecule has 0 radical (unpaired) electrons. The highest BCUT2D eigenvalue weighted by Gasteiger charge is 2.03. The van der Waals surface area contributed by atoms with E-state index in [0.717, 1.165) is 18.0 Å². The number of rotatable bonds is 7. The van der Waals surface area contributed by atoms with Crippen molar-refractivity contribution in [1.82, 2.24) is 10.3 Å². The van der Waals surface area contributed by atoms with Crippen molar-refractivity contribution < 1.29 is 9.47 Å². The van der Waals surface area contributed by atoms with Crippen molar-refractivity contribution in [2.24, 2.45) is 0 Å². The Bertz CT molecular complexity index is 500. The standard InChI is InChI=1S/C16H20N2O2/c1-13(14-4-3-9-17-12-14)18-10-11-20-16-7-5-15(19-2)6-8-16/h3-9,12-13,18H,10-11H2,1-2H3/t13-/m0/s1. The van der Waals surface area contributed by atoms with Gasteiger partial charge in [0.1, 0.15) is 18.1 Å². The third-order valence-electron chi connectivity index (χ3n) is 3.07. The van der Waals surface area contributed by atoms with Gasteiger partial charge in [-0.25, -0.2) is 0 Å². The second-order valence-electron chi connectivity index (χ2n) is 4.49. The maximum Gasteiger partial charge on any atom is 0.119 e. The summed E-state index contributed by atoms with van der Waals surface area (Å²) in [6.45, 7) is 3.52. The SMILES string of the molecule is COc1ccc(OCCN[C@@H](C)c2cccnc2)cc1. The lowest BCUT2D eigenvalue weighted by atomic mass is 10.1. The number of ether oxygens (including phenoxy) is 2. The van der Waals surface area contributed by atoms with Gasteiger partial charge in [0.05, 0.1) is 7.11 Å². The maximum absolute atomic E-state index is 5.66. The van der Waals surface area contributed by atoms with Gasteiger partial charge in [0.15, 0.2) is 0 Å². The van der Waals surface area contributed by atoms with Crippen LogP contribution >= 0.6 is 0 Å². The fourth-order valence-corrected chi connectivity index (χ4v) is 1.87. The van der Waals surface area contributed by atoms with Gasteiger partial charge < -0.3 is 14.8 Å². The zero-order valence-corrected chi connectivity index (χ0v) is 11.9. The molecule has 0 aliphatic rings. The summed E-state index contributed by atoms with van der Waals surface area (Å²) < 4.78 is 10.8. The van der Waals surface area contributed by atoms with Gasteiger partial charge in [-0.1, -0.05) is 6.07 Å². The first-order valence-corrected chi connectivity index (χ1v) is 6.70. The van der Waals surface area contributed by atoms with Crippen LogP contribution in [0.25, 0.3) is 0 Å². The number of nitrogens with zero attached hydrogens (tertiary/aromatic N) is 1. The van der Waals surface area contributed by atoms with E-state index in [1.807, 2.05) is 36.5 Å². The van der Waals surface area contributed by atoms with Crippen LogP contribution < -0.4 is 14.8 Å². The van der Waals surface area contributed by atoms with Crippen LogP contribution in [-0.2, 0) is 0 Å². The highest BCUT2D eigenvalue weighted by Crippen LogP contribution is 2.16.